The van der Waals surface area contributed by atoms with Crippen LogP contribution in [0.1, 0.15) is 16.1 Å². The van der Waals surface area contributed by atoms with Crippen molar-refractivity contribution in [2.24, 2.45) is 0 Å². The van der Waals surface area contributed by atoms with E-state index in [1.165, 1.54) is 22.5 Å². The molecule has 0 amide bonds. The zero-order valence-corrected chi connectivity index (χ0v) is 11.0. The van der Waals surface area contributed by atoms with E-state index < -0.39 is 0 Å². The van der Waals surface area contributed by atoms with Crippen molar-refractivity contribution in [3.05, 3.63) is 40.4 Å². The van der Waals surface area contributed by atoms with Crippen LogP contribution in [0.4, 0.5) is 5.13 Å². The highest BCUT2D eigenvalue weighted by Gasteiger charge is 2.15. The summed E-state index contributed by atoms with van der Waals surface area (Å²) in [5.74, 6) is 0. The van der Waals surface area contributed by atoms with Crippen LogP contribution >= 0.6 is 11.3 Å². The molecule has 1 aliphatic heterocycles. The number of nitrogens with two attached hydrogens (primary N) is 1. The average molecular weight is 260 g/mol. The third-order valence-electron chi connectivity index (χ3n) is 3.35. The number of aromatic nitrogens is 2. The molecule has 2 aromatic rings. The van der Waals surface area contributed by atoms with Crippen LogP contribution in [0.2, 0.25) is 0 Å². The van der Waals surface area contributed by atoms with E-state index >= 15 is 0 Å². The highest BCUT2D eigenvalue weighted by atomic mass is 32.1. The van der Waals surface area contributed by atoms with Crippen molar-refractivity contribution in [3.63, 3.8) is 0 Å². The van der Waals surface area contributed by atoms with E-state index in [0.717, 1.165) is 37.5 Å². The number of nitrogen functional groups attached to an aromatic ring is 1. The maximum Gasteiger partial charge on any atom is 0.203 e. The van der Waals surface area contributed by atoms with Gasteiger partial charge in [-0.15, -0.1) is 10.2 Å². The molecule has 0 saturated heterocycles. The highest BCUT2D eigenvalue weighted by Crippen LogP contribution is 2.18. The maximum atomic E-state index is 5.61. The smallest absolute Gasteiger partial charge is 0.203 e. The second-order valence-corrected chi connectivity index (χ2v) is 5.67. The molecule has 2 N–H and O–H groups in total. The van der Waals surface area contributed by atoms with Gasteiger partial charge in [-0.05, 0) is 24.0 Å². The molecule has 0 unspecified atom stereocenters. The second kappa shape index (κ2) is 5.04. The van der Waals surface area contributed by atoms with E-state index in [1.807, 2.05) is 0 Å². The molecule has 94 valence electrons. The first kappa shape index (κ1) is 11.6. The molecule has 0 spiro atoms. The number of rotatable bonds is 2. The lowest BCUT2D eigenvalue weighted by atomic mass is 10.0. The number of fused-ring (bicyclic) bond motifs is 1. The lowest BCUT2D eigenvalue weighted by Gasteiger charge is -2.17. The summed E-state index contributed by atoms with van der Waals surface area (Å²) in [7, 11) is 0. The van der Waals surface area contributed by atoms with Crippen LogP contribution in [0, 0.1) is 0 Å². The molecule has 4 nitrogen and oxygen atoms in total. The monoisotopic (exact) mass is 260 g/mol. The van der Waals surface area contributed by atoms with Gasteiger partial charge in [0.25, 0.3) is 0 Å². The molecular formula is C13H16N4S. The van der Waals surface area contributed by atoms with Crippen LogP contribution in [0.5, 0.6) is 0 Å². The molecular weight excluding hydrogens is 244 g/mol. The lowest BCUT2D eigenvalue weighted by molar-refractivity contribution is 0.278. The molecule has 1 aromatic heterocycles. The molecule has 18 heavy (non-hydrogen) atoms. The van der Waals surface area contributed by atoms with E-state index in [0.29, 0.717) is 5.13 Å². The number of hydrogen-bond acceptors (Lipinski definition) is 5. The Morgan fingerprint density at radius 2 is 1.78 bits per heavy atom. The largest absolute Gasteiger partial charge is 0.374 e. The van der Waals surface area contributed by atoms with Gasteiger partial charge >= 0.3 is 0 Å². The van der Waals surface area contributed by atoms with Crippen LogP contribution in [-0.2, 0) is 19.4 Å². The quantitative estimate of drug-likeness (QED) is 0.893. The van der Waals surface area contributed by atoms with Crippen LogP contribution in [0.3, 0.4) is 0 Å². The molecule has 0 fully saturated rings. The summed E-state index contributed by atoms with van der Waals surface area (Å²) in [4.78, 5) is 2.43. The normalized spacial score (nSPS) is 16.2. The van der Waals surface area contributed by atoms with Crippen molar-refractivity contribution in [2.75, 3.05) is 18.8 Å². The van der Waals surface area contributed by atoms with E-state index in [2.05, 4.69) is 39.4 Å². The molecule has 0 radical (unpaired) electrons. The standard InChI is InChI=1S/C13H16N4S/c14-13-16-15-12(18-13)9-17-7-5-10-3-1-2-4-11(10)6-8-17/h1-4H,5-9H2,(H2,14,16). The lowest BCUT2D eigenvalue weighted by Crippen LogP contribution is -2.25. The summed E-state index contributed by atoms with van der Waals surface area (Å²) in [6.07, 6.45) is 2.23. The Balaban J connectivity index is 1.68. The molecule has 1 aromatic carbocycles. The van der Waals surface area contributed by atoms with Crippen molar-refractivity contribution in [1.29, 1.82) is 0 Å². The van der Waals surface area contributed by atoms with Crippen LogP contribution in [0.15, 0.2) is 24.3 Å². The number of benzene rings is 1. The van der Waals surface area contributed by atoms with Gasteiger partial charge < -0.3 is 5.73 Å². The fourth-order valence-corrected chi connectivity index (χ4v) is 3.05. The predicted molar refractivity (Wildman–Crippen MR) is 73.4 cm³/mol. The molecule has 3 rings (SSSR count). The molecule has 0 bridgehead atoms. The molecule has 0 aliphatic carbocycles. The third kappa shape index (κ3) is 2.52. The second-order valence-electron chi connectivity index (χ2n) is 4.58. The zero-order chi connectivity index (χ0) is 12.4. The fourth-order valence-electron chi connectivity index (χ4n) is 2.39. The zero-order valence-electron chi connectivity index (χ0n) is 10.2. The maximum absolute atomic E-state index is 5.61. The first-order chi connectivity index (χ1) is 8.81. The van der Waals surface area contributed by atoms with Crippen LogP contribution < -0.4 is 5.73 Å². The van der Waals surface area contributed by atoms with Gasteiger partial charge in [-0.3, -0.25) is 4.90 Å². The van der Waals surface area contributed by atoms with Gasteiger partial charge in [0.15, 0.2) is 0 Å². The van der Waals surface area contributed by atoms with Crippen molar-refractivity contribution in [2.45, 2.75) is 19.4 Å². The van der Waals surface area contributed by atoms with E-state index in [4.69, 9.17) is 5.73 Å². The molecule has 0 atom stereocenters. The van der Waals surface area contributed by atoms with Crippen molar-refractivity contribution >= 4 is 16.5 Å². The Labute approximate surface area is 110 Å². The first-order valence-corrected chi connectivity index (χ1v) is 7.00. The van der Waals surface area contributed by atoms with Gasteiger partial charge in [-0.2, -0.15) is 0 Å². The van der Waals surface area contributed by atoms with E-state index in [-0.39, 0.29) is 0 Å². The number of anilines is 1. The Morgan fingerprint density at radius 3 is 2.33 bits per heavy atom. The van der Waals surface area contributed by atoms with Crippen molar-refractivity contribution in [1.82, 2.24) is 15.1 Å². The van der Waals surface area contributed by atoms with Gasteiger partial charge in [0.1, 0.15) is 5.01 Å². The van der Waals surface area contributed by atoms with Crippen LogP contribution in [0.25, 0.3) is 0 Å². The molecule has 1 aliphatic rings. The average Bonchev–Trinajstić information content (AvgIpc) is 2.68. The third-order valence-corrected chi connectivity index (χ3v) is 4.09. The Hall–Kier alpha value is -1.46. The number of nitrogens with zero attached hydrogens (tertiary/aromatic N) is 3. The van der Waals surface area contributed by atoms with Crippen molar-refractivity contribution in [3.8, 4) is 0 Å². The molecule has 0 saturated carbocycles. The summed E-state index contributed by atoms with van der Waals surface area (Å²) in [6, 6.07) is 8.73. The Bertz CT molecular complexity index is 510. The Morgan fingerprint density at radius 1 is 1.11 bits per heavy atom. The van der Waals surface area contributed by atoms with Gasteiger partial charge in [-0.1, -0.05) is 35.6 Å². The van der Waals surface area contributed by atoms with Gasteiger partial charge in [-0.25, -0.2) is 0 Å². The minimum absolute atomic E-state index is 0.558. The number of hydrogen-bond donors (Lipinski definition) is 1. The fraction of sp³-hybridized carbons (Fsp3) is 0.385. The Kier molecular flexibility index (Phi) is 3.25. The topological polar surface area (TPSA) is 55.0 Å². The predicted octanol–water partition coefficient (Wildman–Crippen LogP) is 1.72. The van der Waals surface area contributed by atoms with Crippen molar-refractivity contribution < 1.29 is 0 Å². The summed E-state index contributed by atoms with van der Waals surface area (Å²) in [5, 5.41) is 9.53. The van der Waals surface area contributed by atoms with E-state index in [1.54, 1.807) is 0 Å². The molecule has 2 heterocycles. The first-order valence-electron chi connectivity index (χ1n) is 6.18. The summed E-state index contributed by atoms with van der Waals surface area (Å²) in [5.41, 5.74) is 8.58. The minimum atomic E-state index is 0.558. The van der Waals surface area contributed by atoms with Gasteiger partial charge in [0.05, 0.1) is 6.54 Å². The minimum Gasteiger partial charge on any atom is -0.374 e. The molecule has 5 heteroatoms. The van der Waals surface area contributed by atoms with Gasteiger partial charge in [0.2, 0.25) is 5.13 Å². The highest BCUT2D eigenvalue weighted by molar-refractivity contribution is 7.15. The van der Waals surface area contributed by atoms with Crippen LogP contribution in [-0.4, -0.2) is 28.2 Å². The SMILES string of the molecule is Nc1nnc(CN2CCc3ccccc3CC2)s1. The summed E-state index contributed by atoms with van der Waals surface area (Å²) in [6.45, 7) is 3.02. The van der Waals surface area contributed by atoms with Gasteiger partial charge in [0, 0.05) is 13.1 Å². The summed E-state index contributed by atoms with van der Waals surface area (Å²) < 4.78 is 0. The summed E-state index contributed by atoms with van der Waals surface area (Å²) >= 11 is 1.49. The van der Waals surface area contributed by atoms with E-state index in [9.17, 15) is 0 Å².